The highest BCUT2D eigenvalue weighted by Gasteiger charge is 2.32. The lowest BCUT2D eigenvalue weighted by Gasteiger charge is -2.40. The highest BCUT2D eigenvalue weighted by molar-refractivity contribution is 7.18. The van der Waals surface area contributed by atoms with Crippen molar-refractivity contribution in [3.63, 3.8) is 0 Å². The van der Waals surface area contributed by atoms with Gasteiger partial charge in [-0.2, -0.15) is 5.10 Å². The van der Waals surface area contributed by atoms with E-state index in [0.29, 0.717) is 17.9 Å². The van der Waals surface area contributed by atoms with Gasteiger partial charge in [-0.05, 0) is 68.9 Å². The second-order valence-electron chi connectivity index (χ2n) is 11.3. The van der Waals surface area contributed by atoms with Gasteiger partial charge in [-0.3, -0.25) is 0 Å². The number of aromatic nitrogens is 5. The molecule has 2 saturated carbocycles. The minimum absolute atomic E-state index is 0.388. The molecule has 4 aromatic heterocycles. The Labute approximate surface area is 212 Å². The van der Waals surface area contributed by atoms with Crippen LogP contribution in [0.4, 0.5) is 0 Å². The first-order valence-electron chi connectivity index (χ1n) is 13.6. The monoisotopic (exact) mass is 490 g/mol. The number of rotatable bonds is 7. The molecule has 2 fully saturated rings. The molecule has 0 saturated heterocycles. The maximum Gasteiger partial charge on any atom is 0.158 e. The number of aromatic amines is 1. The quantitative estimate of drug-likeness (QED) is 0.294. The van der Waals surface area contributed by atoms with Crippen LogP contribution in [0.3, 0.4) is 0 Å². The Hall–Kier alpha value is -2.25. The van der Waals surface area contributed by atoms with Gasteiger partial charge >= 0.3 is 0 Å². The van der Waals surface area contributed by atoms with Gasteiger partial charge in [0.25, 0.3) is 0 Å². The van der Waals surface area contributed by atoms with E-state index >= 15 is 0 Å². The van der Waals surface area contributed by atoms with Crippen molar-refractivity contribution in [3.05, 3.63) is 34.7 Å². The third-order valence-electron chi connectivity index (χ3n) is 8.31. The number of H-pyrrole nitrogens is 1. The fraction of sp³-hybridized carbons (Fsp3) is 0.607. The molecule has 0 aliphatic heterocycles. The third-order valence-corrected chi connectivity index (χ3v) is 9.45. The van der Waals surface area contributed by atoms with Crippen LogP contribution in [0.1, 0.15) is 100 Å². The van der Waals surface area contributed by atoms with Crippen molar-refractivity contribution in [2.24, 2.45) is 5.92 Å². The first kappa shape index (κ1) is 23.2. The molecule has 4 heterocycles. The number of fused-ring (bicyclic) bond motifs is 2. The molecule has 0 spiro atoms. The number of hydrogen-bond donors (Lipinski definition) is 2. The number of nitrogens with zero attached hydrogens (tertiary/aromatic N) is 4. The summed E-state index contributed by atoms with van der Waals surface area (Å²) in [6.45, 7) is 8.96. The van der Waals surface area contributed by atoms with Gasteiger partial charge in [0.05, 0.1) is 10.7 Å². The Morgan fingerprint density at radius 1 is 1.17 bits per heavy atom. The predicted octanol–water partition coefficient (Wildman–Crippen LogP) is 6.96. The lowest BCUT2D eigenvalue weighted by Crippen LogP contribution is -2.47. The molecular weight excluding hydrogens is 452 g/mol. The normalized spacial score (nSPS) is 25.1. The highest BCUT2D eigenvalue weighted by atomic mass is 32.1. The Bertz CT molecular complexity index is 1320. The Morgan fingerprint density at radius 3 is 2.71 bits per heavy atom. The van der Waals surface area contributed by atoms with Crippen LogP contribution in [-0.4, -0.2) is 36.6 Å². The first-order chi connectivity index (χ1) is 17.0. The van der Waals surface area contributed by atoms with E-state index in [1.165, 1.54) is 78.0 Å². The Balaban J connectivity index is 1.19. The number of nitrogens with one attached hydrogen (secondary N) is 2. The standard InChI is InChI=1S/C28H38N6S/c1-5-6-18-12-22(13-18)31-21-9-7-19(8-10-21)27-33-25-23(16(2)3)24(32-28(25)35-27)20-11-17(4)26-29-15-30-34(26)14-20/h11,14-16,18-19,21-22,31-32H,5-10,12-13H2,1-4H3. The largest absolute Gasteiger partial charge is 0.345 e. The minimum Gasteiger partial charge on any atom is -0.345 e. The second kappa shape index (κ2) is 9.32. The van der Waals surface area contributed by atoms with Crippen molar-refractivity contribution in [1.82, 2.24) is 29.9 Å². The summed E-state index contributed by atoms with van der Waals surface area (Å²) in [4.78, 5) is 14.6. The van der Waals surface area contributed by atoms with Crippen LogP contribution in [-0.2, 0) is 0 Å². The summed E-state index contributed by atoms with van der Waals surface area (Å²) in [5, 5.41) is 9.67. The van der Waals surface area contributed by atoms with Gasteiger partial charge in [0, 0.05) is 35.3 Å². The van der Waals surface area contributed by atoms with E-state index < -0.39 is 0 Å². The molecule has 6 rings (SSSR count). The van der Waals surface area contributed by atoms with Crippen LogP contribution in [0.15, 0.2) is 18.6 Å². The lowest BCUT2D eigenvalue weighted by molar-refractivity contribution is 0.178. The van der Waals surface area contributed by atoms with Gasteiger partial charge in [0.1, 0.15) is 16.7 Å². The molecule has 186 valence electrons. The van der Waals surface area contributed by atoms with Gasteiger partial charge in [-0.1, -0.05) is 33.6 Å². The Kier molecular flexibility index (Phi) is 6.17. The van der Waals surface area contributed by atoms with Gasteiger partial charge in [-0.25, -0.2) is 14.5 Å². The van der Waals surface area contributed by atoms with Crippen LogP contribution in [0.5, 0.6) is 0 Å². The fourth-order valence-electron chi connectivity index (χ4n) is 6.45. The summed E-state index contributed by atoms with van der Waals surface area (Å²) in [5.41, 5.74) is 6.87. The fourth-order valence-corrected chi connectivity index (χ4v) is 7.61. The molecular formula is C28H38N6S. The summed E-state index contributed by atoms with van der Waals surface area (Å²) in [7, 11) is 0. The molecule has 0 bridgehead atoms. The van der Waals surface area contributed by atoms with Crippen molar-refractivity contribution < 1.29 is 0 Å². The second-order valence-corrected chi connectivity index (χ2v) is 12.3. The summed E-state index contributed by atoms with van der Waals surface area (Å²) < 4.78 is 1.88. The smallest absolute Gasteiger partial charge is 0.158 e. The number of hydrogen-bond acceptors (Lipinski definition) is 5. The molecule has 0 atom stereocenters. The zero-order chi connectivity index (χ0) is 24.1. The van der Waals surface area contributed by atoms with Crippen molar-refractivity contribution >= 4 is 27.3 Å². The Morgan fingerprint density at radius 2 is 1.97 bits per heavy atom. The molecule has 35 heavy (non-hydrogen) atoms. The van der Waals surface area contributed by atoms with E-state index in [2.05, 4.69) is 60.3 Å². The van der Waals surface area contributed by atoms with E-state index in [-0.39, 0.29) is 0 Å². The summed E-state index contributed by atoms with van der Waals surface area (Å²) >= 11 is 1.88. The topological polar surface area (TPSA) is 70.9 Å². The zero-order valence-electron chi connectivity index (χ0n) is 21.5. The number of thiazole rings is 1. The zero-order valence-corrected chi connectivity index (χ0v) is 22.3. The van der Waals surface area contributed by atoms with E-state index in [1.54, 1.807) is 6.33 Å². The van der Waals surface area contributed by atoms with Crippen LogP contribution in [0.2, 0.25) is 0 Å². The van der Waals surface area contributed by atoms with E-state index in [9.17, 15) is 0 Å². The summed E-state index contributed by atoms with van der Waals surface area (Å²) in [5.74, 6) is 1.97. The lowest BCUT2D eigenvalue weighted by atomic mass is 9.76. The minimum atomic E-state index is 0.388. The molecule has 2 aliphatic carbocycles. The van der Waals surface area contributed by atoms with Crippen LogP contribution < -0.4 is 5.32 Å². The highest BCUT2D eigenvalue weighted by Crippen LogP contribution is 2.42. The van der Waals surface area contributed by atoms with E-state index in [0.717, 1.165) is 28.7 Å². The average Bonchev–Trinajstić information content (AvgIpc) is 3.52. The van der Waals surface area contributed by atoms with E-state index in [1.807, 2.05) is 15.9 Å². The molecule has 0 radical (unpaired) electrons. The average molecular weight is 491 g/mol. The number of aryl methyl sites for hydroxylation is 1. The molecule has 2 aliphatic rings. The van der Waals surface area contributed by atoms with E-state index in [4.69, 9.17) is 4.98 Å². The van der Waals surface area contributed by atoms with Crippen molar-refractivity contribution in [2.45, 2.75) is 103 Å². The van der Waals surface area contributed by atoms with Gasteiger partial charge in [0.15, 0.2) is 5.65 Å². The predicted molar refractivity (Wildman–Crippen MR) is 144 cm³/mol. The summed E-state index contributed by atoms with van der Waals surface area (Å²) in [6.07, 6.45) is 14.3. The molecule has 4 aromatic rings. The van der Waals surface area contributed by atoms with Crippen LogP contribution >= 0.6 is 11.3 Å². The molecule has 0 unspecified atom stereocenters. The van der Waals surface area contributed by atoms with Crippen LogP contribution in [0.25, 0.3) is 27.3 Å². The van der Waals surface area contributed by atoms with Crippen LogP contribution in [0, 0.1) is 12.8 Å². The van der Waals surface area contributed by atoms with Gasteiger partial charge in [0.2, 0.25) is 0 Å². The van der Waals surface area contributed by atoms with Crippen molar-refractivity contribution in [2.75, 3.05) is 0 Å². The van der Waals surface area contributed by atoms with Crippen molar-refractivity contribution in [1.29, 1.82) is 0 Å². The summed E-state index contributed by atoms with van der Waals surface area (Å²) in [6, 6.07) is 3.70. The molecule has 2 N–H and O–H groups in total. The number of pyridine rings is 1. The maximum absolute atomic E-state index is 5.25. The maximum atomic E-state index is 5.25. The van der Waals surface area contributed by atoms with Crippen molar-refractivity contribution in [3.8, 4) is 11.3 Å². The van der Waals surface area contributed by atoms with Gasteiger partial charge < -0.3 is 10.3 Å². The molecule has 7 heteroatoms. The third kappa shape index (κ3) is 4.31. The molecule has 0 aromatic carbocycles. The SMILES string of the molecule is CCCC1CC(NC2CCC(c3nc4c(C(C)C)c(-c5cc(C)c6ncnn6c5)[nH]c4s3)CC2)C1. The molecule has 6 nitrogen and oxygen atoms in total. The molecule has 0 amide bonds. The van der Waals surface area contributed by atoms with Gasteiger partial charge in [-0.15, -0.1) is 11.3 Å². The first-order valence-corrected chi connectivity index (χ1v) is 14.4.